The first-order valence-corrected chi connectivity index (χ1v) is 9.11. The number of carbonyl (C=O) groups excluding carboxylic acids is 2. The van der Waals surface area contributed by atoms with Crippen LogP contribution in [0.3, 0.4) is 0 Å². The largest absolute Gasteiger partial charge is 0.465 e. The molecule has 150 valence electrons. The molecule has 2 aromatic heterocycles. The molecule has 0 aliphatic rings. The monoisotopic (exact) mass is 404 g/mol. The molecule has 2 aromatic carbocycles. The van der Waals surface area contributed by atoms with E-state index in [-0.39, 0.29) is 17.4 Å². The minimum Gasteiger partial charge on any atom is -0.465 e. The Kier molecular flexibility index (Phi) is 5.02. The lowest BCUT2D eigenvalue weighted by atomic mass is 10.0. The Morgan fingerprint density at radius 3 is 2.50 bits per heavy atom. The molecule has 0 atom stereocenters. The van der Waals surface area contributed by atoms with Crippen molar-refractivity contribution >= 4 is 23.0 Å². The molecular formula is C23H17FN2O4. The molecule has 30 heavy (non-hydrogen) atoms. The van der Waals surface area contributed by atoms with Gasteiger partial charge in [-0.3, -0.25) is 4.79 Å². The van der Waals surface area contributed by atoms with E-state index >= 15 is 0 Å². The lowest BCUT2D eigenvalue weighted by molar-refractivity contribution is 0.0600. The average molecular weight is 404 g/mol. The molecule has 1 amide bonds. The number of hydrogen-bond acceptors (Lipinski definition) is 5. The summed E-state index contributed by atoms with van der Waals surface area (Å²) in [6.07, 6.45) is 1.60. The molecule has 0 bridgehead atoms. The number of ether oxygens (including phenoxy) is 1. The second-order valence-electron chi connectivity index (χ2n) is 6.54. The van der Waals surface area contributed by atoms with E-state index in [1.54, 1.807) is 42.6 Å². The van der Waals surface area contributed by atoms with E-state index in [1.165, 1.54) is 26.3 Å². The molecule has 0 aliphatic heterocycles. The van der Waals surface area contributed by atoms with E-state index in [2.05, 4.69) is 10.3 Å². The summed E-state index contributed by atoms with van der Waals surface area (Å²) in [7, 11) is 2.84. The SMILES string of the molecule is CNC(=O)c1c(-c2ccc(F)cc2)oc2ncc(-c3cccc(C(=O)OC)c3)cc12. The second-order valence-corrected chi connectivity index (χ2v) is 6.54. The van der Waals surface area contributed by atoms with Crippen LogP contribution in [0.15, 0.2) is 65.2 Å². The van der Waals surface area contributed by atoms with Gasteiger partial charge in [-0.15, -0.1) is 0 Å². The van der Waals surface area contributed by atoms with Crippen LogP contribution in [-0.4, -0.2) is 31.0 Å². The number of nitrogens with one attached hydrogen (secondary N) is 1. The fourth-order valence-electron chi connectivity index (χ4n) is 3.24. The third-order valence-electron chi connectivity index (χ3n) is 4.72. The van der Waals surface area contributed by atoms with Crippen LogP contribution in [0.4, 0.5) is 4.39 Å². The normalized spacial score (nSPS) is 10.8. The molecule has 2 heterocycles. The van der Waals surface area contributed by atoms with Crippen LogP contribution in [0.1, 0.15) is 20.7 Å². The van der Waals surface area contributed by atoms with Gasteiger partial charge in [0.25, 0.3) is 5.91 Å². The van der Waals surface area contributed by atoms with Crippen LogP contribution >= 0.6 is 0 Å². The molecule has 0 saturated carbocycles. The summed E-state index contributed by atoms with van der Waals surface area (Å²) in [6.45, 7) is 0. The number of carbonyl (C=O) groups is 2. The first-order chi connectivity index (χ1) is 14.5. The number of amides is 1. The number of rotatable bonds is 4. The second kappa shape index (κ2) is 7.79. The van der Waals surface area contributed by atoms with Crippen molar-refractivity contribution in [2.75, 3.05) is 14.2 Å². The molecule has 0 aliphatic carbocycles. The number of nitrogens with zero attached hydrogens (tertiary/aromatic N) is 1. The Hall–Kier alpha value is -4.00. The van der Waals surface area contributed by atoms with E-state index < -0.39 is 5.97 Å². The highest BCUT2D eigenvalue weighted by Crippen LogP contribution is 2.35. The van der Waals surface area contributed by atoms with Crippen molar-refractivity contribution in [3.63, 3.8) is 0 Å². The standard InChI is InChI=1S/C23H17FN2O4/c1-25-21(27)19-18-11-16(14-4-3-5-15(10-14)23(28)29-2)12-26-22(18)30-20(19)13-6-8-17(24)9-7-13/h3-12H,1-2H3,(H,25,27). The molecule has 4 rings (SSSR count). The predicted molar refractivity (Wildman–Crippen MR) is 110 cm³/mol. The van der Waals surface area contributed by atoms with Crippen molar-refractivity contribution in [1.29, 1.82) is 0 Å². The summed E-state index contributed by atoms with van der Waals surface area (Å²) >= 11 is 0. The number of aromatic nitrogens is 1. The highest BCUT2D eigenvalue weighted by atomic mass is 19.1. The van der Waals surface area contributed by atoms with Crippen LogP contribution in [0.2, 0.25) is 0 Å². The summed E-state index contributed by atoms with van der Waals surface area (Å²) in [6, 6.07) is 14.4. The molecule has 4 aromatic rings. The molecule has 0 radical (unpaired) electrons. The van der Waals surface area contributed by atoms with Crippen molar-refractivity contribution in [1.82, 2.24) is 10.3 Å². The van der Waals surface area contributed by atoms with Gasteiger partial charge >= 0.3 is 5.97 Å². The minimum atomic E-state index is -0.446. The number of methoxy groups -OCH3 is 1. The zero-order valence-corrected chi connectivity index (χ0v) is 16.2. The molecule has 6 nitrogen and oxygen atoms in total. The van der Waals surface area contributed by atoms with E-state index in [9.17, 15) is 14.0 Å². The Bertz CT molecular complexity index is 1260. The van der Waals surface area contributed by atoms with Crippen LogP contribution in [0.25, 0.3) is 33.6 Å². The molecule has 7 heteroatoms. The molecule has 0 fully saturated rings. The maximum atomic E-state index is 13.3. The van der Waals surface area contributed by atoms with Gasteiger partial charge in [0.1, 0.15) is 11.6 Å². The van der Waals surface area contributed by atoms with Crippen LogP contribution in [0, 0.1) is 5.82 Å². The third-order valence-corrected chi connectivity index (χ3v) is 4.72. The molecule has 1 N–H and O–H groups in total. The fourth-order valence-corrected chi connectivity index (χ4v) is 3.24. The summed E-state index contributed by atoms with van der Waals surface area (Å²) in [4.78, 5) is 28.8. The zero-order valence-electron chi connectivity index (χ0n) is 16.2. The van der Waals surface area contributed by atoms with Crippen molar-refractivity contribution in [3.8, 4) is 22.5 Å². The van der Waals surface area contributed by atoms with Gasteiger partial charge in [0.15, 0.2) is 0 Å². The average Bonchev–Trinajstić information content (AvgIpc) is 3.17. The number of fused-ring (bicyclic) bond motifs is 1. The Balaban J connectivity index is 1.89. The first kappa shape index (κ1) is 19.3. The lowest BCUT2D eigenvalue weighted by Crippen LogP contribution is -2.18. The minimum absolute atomic E-state index is 0.279. The summed E-state index contributed by atoms with van der Waals surface area (Å²) in [5.74, 6) is -0.881. The van der Waals surface area contributed by atoms with Crippen molar-refractivity contribution < 1.29 is 23.1 Å². The molecule has 0 unspecified atom stereocenters. The van der Waals surface area contributed by atoms with Crippen LogP contribution in [0.5, 0.6) is 0 Å². The molecular weight excluding hydrogens is 387 g/mol. The Morgan fingerprint density at radius 1 is 1.03 bits per heavy atom. The van der Waals surface area contributed by atoms with Gasteiger partial charge in [-0.25, -0.2) is 14.2 Å². The Labute approximate surface area is 171 Å². The smallest absolute Gasteiger partial charge is 0.337 e. The van der Waals surface area contributed by atoms with E-state index in [4.69, 9.17) is 9.15 Å². The van der Waals surface area contributed by atoms with Gasteiger partial charge in [-0.2, -0.15) is 0 Å². The van der Waals surface area contributed by atoms with Crippen molar-refractivity contribution in [2.45, 2.75) is 0 Å². The highest BCUT2D eigenvalue weighted by Gasteiger charge is 2.23. The lowest BCUT2D eigenvalue weighted by Gasteiger charge is -2.05. The topological polar surface area (TPSA) is 81.4 Å². The molecule has 0 saturated heterocycles. The van der Waals surface area contributed by atoms with Crippen LogP contribution < -0.4 is 5.32 Å². The maximum absolute atomic E-state index is 13.3. The highest BCUT2D eigenvalue weighted by molar-refractivity contribution is 6.11. The quantitative estimate of drug-likeness (QED) is 0.509. The first-order valence-electron chi connectivity index (χ1n) is 9.11. The van der Waals surface area contributed by atoms with Gasteiger partial charge < -0.3 is 14.5 Å². The van der Waals surface area contributed by atoms with Crippen molar-refractivity contribution in [2.24, 2.45) is 0 Å². The third kappa shape index (κ3) is 3.41. The van der Waals surface area contributed by atoms with Gasteiger partial charge in [0, 0.05) is 24.4 Å². The summed E-state index contributed by atoms with van der Waals surface area (Å²) < 4.78 is 24.0. The summed E-state index contributed by atoms with van der Waals surface area (Å²) in [5.41, 5.74) is 2.98. The molecule has 0 spiro atoms. The number of hydrogen-bond donors (Lipinski definition) is 1. The van der Waals surface area contributed by atoms with Gasteiger partial charge in [0.2, 0.25) is 5.71 Å². The fraction of sp³-hybridized carbons (Fsp3) is 0.0870. The van der Waals surface area contributed by atoms with Gasteiger partial charge in [-0.05, 0) is 48.0 Å². The van der Waals surface area contributed by atoms with Gasteiger partial charge in [0.05, 0.1) is 23.6 Å². The number of furan rings is 1. The zero-order chi connectivity index (χ0) is 21.3. The Morgan fingerprint density at radius 2 is 1.80 bits per heavy atom. The van der Waals surface area contributed by atoms with Gasteiger partial charge in [-0.1, -0.05) is 12.1 Å². The van der Waals surface area contributed by atoms with Crippen molar-refractivity contribution in [3.05, 3.63) is 77.7 Å². The maximum Gasteiger partial charge on any atom is 0.337 e. The number of benzene rings is 2. The van der Waals surface area contributed by atoms with E-state index in [1.807, 2.05) is 6.07 Å². The summed E-state index contributed by atoms with van der Waals surface area (Å²) in [5, 5.41) is 3.12. The van der Waals surface area contributed by atoms with E-state index in [0.29, 0.717) is 33.4 Å². The van der Waals surface area contributed by atoms with E-state index in [0.717, 1.165) is 5.56 Å². The predicted octanol–water partition coefficient (Wildman–Crippen LogP) is 4.45. The van der Waals surface area contributed by atoms with Crippen LogP contribution in [-0.2, 0) is 4.74 Å². The number of esters is 1. The number of pyridine rings is 1. The number of halogens is 1.